The van der Waals surface area contributed by atoms with Crippen LogP contribution in [0.4, 0.5) is 11.4 Å². The fourth-order valence-corrected chi connectivity index (χ4v) is 3.93. The molecule has 0 aliphatic carbocycles. The van der Waals surface area contributed by atoms with Gasteiger partial charge < -0.3 is 10.6 Å². The van der Waals surface area contributed by atoms with Gasteiger partial charge in [-0.25, -0.2) is 0 Å². The van der Waals surface area contributed by atoms with Gasteiger partial charge in [0.15, 0.2) is 0 Å². The minimum absolute atomic E-state index is 0.222. The highest BCUT2D eigenvalue weighted by Gasteiger charge is 2.26. The molecule has 5 nitrogen and oxygen atoms in total. The number of para-hydroxylation sites is 1. The summed E-state index contributed by atoms with van der Waals surface area (Å²) < 4.78 is 0. The molecule has 4 rings (SSSR count). The van der Waals surface area contributed by atoms with Crippen molar-refractivity contribution in [2.75, 3.05) is 49.9 Å². The molecule has 0 spiro atoms. The van der Waals surface area contributed by atoms with Crippen LogP contribution in [0.15, 0.2) is 48.5 Å². The van der Waals surface area contributed by atoms with Crippen molar-refractivity contribution in [1.82, 2.24) is 9.80 Å². The van der Waals surface area contributed by atoms with Crippen LogP contribution >= 0.6 is 0 Å². The summed E-state index contributed by atoms with van der Waals surface area (Å²) in [4.78, 5) is 19.4. The van der Waals surface area contributed by atoms with Crippen LogP contribution in [-0.4, -0.2) is 55.0 Å². The Kier molecular flexibility index (Phi) is 4.91. The van der Waals surface area contributed by atoms with E-state index in [1.165, 1.54) is 11.1 Å². The van der Waals surface area contributed by atoms with E-state index >= 15 is 0 Å². The number of rotatable bonds is 4. The SMILES string of the molecule is Nc1cccc(CN2CCN(CC(=O)N3CCc4ccccc43)CC2)c1. The molecular weight excluding hydrogens is 324 g/mol. The average Bonchev–Trinajstić information content (AvgIpc) is 3.08. The van der Waals surface area contributed by atoms with Crippen LogP contribution in [0.1, 0.15) is 11.1 Å². The lowest BCUT2D eigenvalue weighted by Crippen LogP contribution is -2.49. The summed E-state index contributed by atoms with van der Waals surface area (Å²) in [5, 5.41) is 0. The molecule has 0 unspecified atom stereocenters. The lowest BCUT2D eigenvalue weighted by Gasteiger charge is -2.35. The number of benzene rings is 2. The van der Waals surface area contributed by atoms with Crippen LogP contribution in [0.3, 0.4) is 0 Å². The Morgan fingerprint density at radius 1 is 0.923 bits per heavy atom. The van der Waals surface area contributed by atoms with E-state index in [1.54, 1.807) is 0 Å². The second-order valence-corrected chi connectivity index (χ2v) is 7.22. The molecule has 2 aliphatic heterocycles. The molecule has 2 aromatic rings. The van der Waals surface area contributed by atoms with Gasteiger partial charge in [-0.1, -0.05) is 30.3 Å². The average molecular weight is 350 g/mol. The number of nitrogens with zero attached hydrogens (tertiary/aromatic N) is 3. The summed E-state index contributed by atoms with van der Waals surface area (Å²) >= 11 is 0. The number of carbonyl (C=O) groups is 1. The normalized spacial score (nSPS) is 18.1. The third-order valence-corrected chi connectivity index (χ3v) is 5.37. The Labute approximate surface area is 155 Å². The van der Waals surface area contributed by atoms with Crippen LogP contribution in [0.2, 0.25) is 0 Å². The van der Waals surface area contributed by atoms with Crippen LogP contribution < -0.4 is 10.6 Å². The van der Waals surface area contributed by atoms with E-state index in [2.05, 4.69) is 28.0 Å². The van der Waals surface area contributed by atoms with Crippen molar-refractivity contribution in [2.45, 2.75) is 13.0 Å². The Morgan fingerprint density at radius 3 is 2.50 bits per heavy atom. The Bertz CT molecular complexity index is 783. The van der Waals surface area contributed by atoms with E-state index in [0.29, 0.717) is 6.54 Å². The molecule has 26 heavy (non-hydrogen) atoms. The van der Waals surface area contributed by atoms with Crippen LogP contribution in [0.25, 0.3) is 0 Å². The zero-order chi connectivity index (χ0) is 17.9. The molecule has 0 radical (unpaired) electrons. The molecular formula is C21H26N4O. The molecule has 1 amide bonds. The minimum Gasteiger partial charge on any atom is -0.399 e. The van der Waals surface area contributed by atoms with E-state index in [4.69, 9.17) is 5.73 Å². The van der Waals surface area contributed by atoms with Crippen LogP contribution in [0.5, 0.6) is 0 Å². The van der Waals surface area contributed by atoms with E-state index in [0.717, 1.165) is 57.1 Å². The molecule has 2 N–H and O–H groups in total. The molecule has 2 aromatic carbocycles. The summed E-state index contributed by atoms with van der Waals surface area (Å²) in [5.41, 5.74) is 10.3. The second-order valence-electron chi connectivity index (χ2n) is 7.22. The third-order valence-electron chi connectivity index (χ3n) is 5.37. The number of piperazine rings is 1. The highest BCUT2D eigenvalue weighted by atomic mass is 16.2. The van der Waals surface area contributed by atoms with Gasteiger partial charge in [0.25, 0.3) is 0 Å². The van der Waals surface area contributed by atoms with Gasteiger partial charge >= 0.3 is 0 Å². The number of amides is 1. The van der Waals surface area contributed by atoms with Crippen molar-refractivity contribution in [2.24, 2.45) is 0 Å². The first-order valence-electron chi connectivity index (χ1n) is 9.36. The second kappa shape index (κ2) is 7.48. The van der Waals surface area contributed by atoms with Gasteiger partial charge in [0.05, 0.1) is 6.54 Å². The third kappa shape index (κ3) is 3.74. The monoisotopic (exact) mass is 350 g/mol. The molecule has 0 bridgehead atoms. The Hall–Kier alpha value is -2.37. The van der Waals surface area contributed by atoms with Gasteiger partial charge in [-0.3, -0.25) is 14.6 Å². The number of nitrogens with two attached hydrogens (primary N) is 1. The standard InChI is InChI=1S/C21H26N4O/c22-19-6-3-4-17(14-19)15-23-10-12-24(13-11-23)16-21(26)25-9-8-18-5-1-2-7-20(18)25/h1-7,14H,8-13,15-16,22H2. The summed E-state index contributed by atoms with van der Waals surface area (Å²) in [6.45, 7) is 6.09. The predicted octanol–water partition coefficient (Wildman–Crippen LogP) is 1.98. The van der Waals surface area contributed by atoms with Crippen LogP contribution in [-0.2, 0) is 17.8 Å². The maximum absolute atomic E-state index is 12.7. The maximum atomic E-state index is 12.7. The molecule has 2 aliphatic rings. The van der Waals surface area contributed by atoms with Gasteiger partial charge in [0, 0.05) is 50.6 Å². The summed E-state index contributed by atoms with van der Waals surface area (Å²) in [5.74, 6) is 0.222. The first-order chi connectivity index (χ1) is 12.7. The molecule has 1 fully saturated rings. The predicted molar refractivity (Wildman–Crippen MR) is 105 cm³/mol. The fraction of sp³-hybridized carbons (Fsp3) is 0.381. The van der Waals surface area contributed by atoms with E-state index in [-0.39, 0.29) is 5.91 Å². The van der Waals surface area contributed by atoms with E-state index in [9.17, 15) is 4.79 Å². The first kappa shape index (κ1) is 17.1. The quantitative estimate of drug-likeness (QED) is 0.857. The molecule has 0 atom stereocenters. The molecule has 5 heteroatoms. The van der Waals surface area contributed by atoms with Crippen molar-refractivity contribution < 1.29 is 4.79 Å². The maximum Gasteiger partial charge on any atom is 0.241 e. The lowest BCUT2D eigenvalue weighted by atomic mass is 10.1. The Balaban J connectivity index is 1.28. The molecule has 1 saturated heterocycles. The zero-order valence-electron chi connectivity index (χ0n) is 15.1. The molecule has 2 heterocycles. The smallest absolute Gasteiger partial charge is 0.241 e. The number of nitrogen functional groups attached to an aromatic ring is 1. The van der Waals surface area contributed by atoms with Gasteiger partial charge in [-0.05, 0) is 35.7 Å². The van der Waals surface area contributed by atoms with E-state index in [1.807, 2.05) is 35.2 Å². The van der Waals surface area contributed by atoms with Gasteiger partial charge in [0.1, 0.15) is 0 Å². The van der Waals surface area contributed by atoms with Gasteiger partial charge in [-0.15, -0.1) is 0 Å². The molecule has 136 valence electrons. The number of carbonyl (C=O) groups excluding carboxylic acids is 1. The highest BCUT2D eigenvalue weighted by molar-refractivity contribution is 5.96. The molecule has 0 saturated carbocycles. The lowest BCUT2D eigenvalue weighted by molar-refractivity contribution is -0.120. The van der Waals surface area contributed by atoms with Crippen molar-refractivity contribution >= 4 is 17.3 Å². The van der Waals surface area contributed by atoms with Crippen molar-refractivity contribution in [3.63, 3.8) is 0 Å². The number of anilines is 2. The summed E-state index contributed by atoms with van der Waals surface area (Å²) in [6, 6.07) is 16.3. The minimum atomic E-state index is 0.222. The number of hydrogen-bond acceptors (Lipinski definition) is 4. The topological polar surface area (TPSA) is 52.8 Å². The summed E-state index contributed by atoms with van der Waals surface area (Å²) in [7, 11) is 0. The Morgan fingerprint density at radius 2 is 1.69 bits per heavy atom. The first-order valence-corrected chi connectivity index (χ1v) is 9.36. The number of hydrogen-bond donors (Lipinski definition) is 1. The van der Waals surface area contributed by atoms with Crippen LogP contribution in [0, 0.1) is 0 Å². The number of fused-ring (bicyclic) bond motifs is 1. The van der Waals surface area contributed by atoms with Gasteiger partial charge in [0.2, 0.25) is 5.91 Å². The zero-order valence-corrected chi connectivity index (χ0v) is 15.1. The van der Waals surface area contributed by atoms with Gasteiger partial charge in [-0.2, -0.15) is 0 Å². The molecule has 0 aromatic heterocycles. The van der Waals surface area contributed by atoms with Crippen molar-refractivity contribution in [3.8, 4) is 0 Å². The van der Waals surface area contributed by atoms with Crippen molar-refractivity contribution in [1.29, 1.82) is 0 Å². The van der Waals surface area contributed by atoms with Crippen molar-refractivity contribution in [3.05, 3.63) is 59.7 Å². The fourth-order valence-electron chi connectivity index (χ4n) is 3.93. The summed E-state index contributed by atoms with van der Waals surface area (Å²) in [6.07, 6.45) is 0.968. The van der Waals surface area contributed by atoms with E-state index < -0.39 is 0 Å². The largest absolute Gasteiger partial charge is 0.399 e. The highest BCUT2D eigenvalue weighted by Crippen LogP contribution is 2.27.